The smallest absolute Gasteiger partial charge is 0.257 e. The number of carbonyl (C=O) groups excluding carboxylic acids is 1. The summed E-state index contributed by atoms with van der Waals surface area (Å²) >= 11 is 0. The first kappa shape index (κ1) is 15.8. The molecule has 0 unspecified atom stereocenters. The van der Waals surface area contributed by atoms with Crippen molar-refractivity contribution in [2.75, 3.05) is 6.54 Å². The van der Waals surface area contributed by atoms with E-state index in [4.69, 9.17) is 5.73 Å². The standard InChI is InChI=1S/C17H26N2O2/c1-3-10-19(14-7-5-13(18)6-8-14)17(21)15-11-12(2)4-9-16(15)20/h4,9,11,13-14,20H,3,5-8,10,18H2,1-2H3. The van der Waals surface area contributed by atoms with Gasteiger partial charge in [0.2, 0.25) is 0 Å². The fourth-order valence-corrected chi connectivity index (χ4v) is 3.08. The summed E-state index contributed by atoms with van der Waals surface area (Å²) in [6.07, 6.45) is 4.77. The van der Waals surface area contributed by atoms with Crippen LogP contribution in [0.25, 0.3) is 0 Å². The van der Waals surface area contributed by atoms with E-state index in [0.29, 0.717) is 5.56 Å². The van der Waals surface area contributed by atoms with Crippen molar-refractivity contribution in [3.63, 3.8) is 0 Å². The molecule has 0 spiro atoms. The molecule has 0 saturated heterocycles. The van der Waals surface area contributed by atoms with Gasteiger partial charge in [-0.2, -0.15) is 0 Å². The van der Waals surface area contributed by atoms with Gasteiger partial charge < -0.3 is 15.7 Å². The number of amides is 1. The summed E-state index contributed by atoms with van der Waals surface area (Å²) in [6, 6.07) is 5.71. The Kier molecular flexibility index (Phi) is 5.23. The molecule has 4 heteroatoms. The lowest BCUT2D eigenvalue weighted by Gasteiger charge is -2.36. The second kappa shape index (κ2) is 6.94. The molecule has 21 heavy (non-hydrogen) atoms. The molecule has 116 valence electrons. The van der Waals surface area contributed by atoms with Crippen molar-refractivity contribution in [2.24, 2.45) is 5.73 Å². The summed E-state index contributed by atoms with van der Waals surface area (Å²) in [4.78, 5) is 14.8. The van der Waals surface area contributed by atoms with E-state index < -0.39 is 0 Å². The Morgan fingerprint density at radius 3 is 2.62 bits per heavy atom. The van der Waals surface area contributed by atoms with Gasteiger partial charge in [-0.1, -0.05) is 18.6 Å². The molecule has 1 aliphatic carbocycles. The molecule has 1 saturated carbocycles. The number of hydrogen-bond acceptors (Lipinski definition) is 3. The third-order valence-corrected chi connectivity index (χ3v) is 4.29. The van der Waals surface area contributed by atoms with Crippen LogP contribution in [-0.4, -0.2) is 34.5 Å². The molecule has 0 atom stereocenters. The number of rotatable bonds is 4. The van der Waals surface area contributed by atoms with Crippen LogP contribution < -0.4 is 5.73 Å². The van der Waals surface area contributed by atoms with Crippen molar-refractivity contribution >= 4 is 5.91 Å². The third-order valence-electron chi connectivity index (χ3n) is 4.29. The molecule has 3 N–H and O–H groups in total. The SMILES string of the molecule is CCCN(C(=O)c1cc(C)ccc1O)C1CCC(N)CC1. The Morgan fingerprint density at radius 1 is 1.33 bits per heavy atom. The summed E-state index contributed by atoms with van der Waals surface area (Å²) in [5, 5.41) is 10.00. The van der Waals surface area contributed by atoms with E-state index in [0.717, 1.165) is 44.2 Å². The average molecular weight is 290 g/mol. The molecular formula is C17H26N2O2. The van der Waals surface area contributed by atoms with Crippen LogP contribution in [0.1, 0.15) is 54.9 Å². The number of benzene rings is 1. The number of phenols is 1. The number of phenolic OH excluding ortho intramolecular Hbond substituents is 1. The van der Waals surface area contributed by atoms with E-state index in [1.165, 1.54) is 0 Å². The largest absolute Gasteiger partial charge is 0.507 e. The zero-order chi connectivity index (χ0) is 15.4. The summed E-state index contributed by atoms with van der Waals surface area (Å²) in [6.45, 7) is 4.73. The molecular weight excluding hydrogens is 264 g/mol. The van der Waals surface area contributed by atoms with Crippen LogP contribution in [0.5, 0.6) is 5.75 Å². The third kappa shape index (κ3) is 3.76. The van der Waals surface area contributed by atoms with E-state index in [-0.39, 0.29) is 23.7 Å². The normalized spacial score (nSPS) is 22.0. The Bertz CT molecular complexity index is 494. The highest BCUT2D eigenvalue weighted by Crippen LogP contribution is 2.26. The zero-order valence-corrected chi connectivity index (χ0v) is 13.0. The second-order valence-corrected chi connectivity index (χ2v) is 6.09. The molecule has 4 nitrogen and oxygen atoms in total. The maximum absolute atomic E-state index is 12.8. The average Bonchev–Trinajstić information content (AvgIpc) is 2.48. The first-order valence-electron chi connectivity index (χ1n) is 7.89. The Labute approximate surface area is 126 Å². The van der Waals surface area contributed by atoms with Crippen LogP contribution >= 0.6 is 0 Å². The maximum atomic E-state index is 12.8. The Balaban J connectivity index is 2.20. The van der Waals surface area contributed by atoms with Crippen LogP contribution in [-0.2, 0) is 0 Å². The lowest BCUT2D eigenvalue weighted by molar-refractivity contribution is 0.0623. The van der Waals surface area contributed by atoms with E-state index in [1.54, 1.807) is 12.1 Å². The number of nitrogens with zero attached hydrogens (tertiary/aromatic N) is 1. The molecule has 1 aromatic carbocycles. The number of carbonyl (C=O) groups is 1. The van der Waals surface area contributed by atoms with Crippen LogP contribution in [0, 0.1) is 6.92 Å². The van der Waals surface area contributed by atoms with Gasteiger partial charge in [0, 0.05) is 18.6 Å². The highest BCUT2D eigenvalue weighted by atomic mass is 16.3. The number of nitrogens with two attached hydrogens (primary N) is 1. The zero-order valence-electron chi connectivity index (χ0n) is 13.0. The first-order chi connectivity index (χ1) is 10.0. The maximum Gasteiger partial charge on any atom is 0.257 e. The fourth-order valence-electron chi connectivity index (χ4n) is 3.08. The van der Waals surface area contributed by atoms with Crippen molar-refractivity contribution < 1.29 is 9.90 Å². The molecule has 0 aromatic heterocycles. The van der Waals surface area contributed by atoms with Gasteiger partial charge >= 0.3 is 0 Å². The quantitative estimate of drug-likeness (QED) is 0.896. The van der Waals surface area contributed by atoms with Crippen molar-refractivity contribution in [1.29, 1.82) is 0 Å². The first-order valence-corrected chi connectivity index (χ1v) is 7.89. The lowest BCUT2D eigenvalue weighted by Crippen LogP contribution is -2.44. The van der Waals surface area contributed by atoms with Crippen molar-refractivity contribution in [3.05, 3.63) is 29.3 Å². The molecule has 0 bridgehead atoms. The van der Waals surface area contributed by atoms with Gasteiger partial charge in [0.1, 0.15) is 5.75 Å². The minimum absolute atomic E-state index is 0.0569. The number of aromatic hydroxyl groups is 1. The van der Waals surface area contributed by atoms with Crippen LogP contribution in [0.2, 0.25) is 0 Å². The van der Waals surface area contributed by atoms with Gasteiger partial charge in [-0.05, 0) is 51.2 Å². The summed E-state index contributed by atoms with van der Waals surface area (Å²) < 4.78 is 0. The summed E-state index contributed by atoms with van der Waals surface area (Å²) in [5.41, 5.74) is 7.36. The van der Waals surface area contributed by atoms with E-state index in [1.807, 2.05) is 17.9 Å². The molecule has 0 aliphatic heterocycles. The Hall–Kier alpha value is -1.55. The molecule has 2 rings (SSSR count). The van der Waals surface area contributed by atoms with E-state index in [9.17, 15) is 9.90 Å². The minimum atomic E-state index is -0.0569. The van der Waals surface area contributed by atoms with Gasteiger partial charge in [0.25, 0.3) is 5.91 Å². The van der Waals surface area contributed by atoms with E-state index in [2.05, 4.69) is 6.92 Å². The molecule has 1 fully saturated rings. The molecule has 1 aromatic rings. The molecule has 0 radical (unpaired) electrons. The van der Waals surface area contributed by atoms with Crippen molar-refractivity contribution in [2.45, 2.75) is 58.0 Å². The highest BCUT2D eigenvalue weighted by molar-refractivity contribution is 5.97. The van der Waals surface area contributed by atoms with Crippen molar-refractivity contribution in [1.82, 2.24) is 4.90 Å². The highest BCUT2D eigenvalue weighted by Gasteiger charge is 2.28. The van der Waals surface area contributed by atoms with Gasteiger partial charge in [0.15, 0.2) is 0 Å². The van der Waals surface area contributed by atoms with Crippen LogP contribution in [0.4, 0.5) is 0 Å². The van der Waals surface area contributed by atoms with Crippen molar-refractivity contribution in [3.8, 4) is 5.75 Å². The predicted octanol–water partition coefficient (Wildman–Crippen LogP) is 2.82. The Morgan fingerprint density at radius 2 is 2.00 bits per heavy atom. The molecule has 1 aliphatic rings. The van der Waals surface area contributed by atoms with Gasteiger partial charge in [0.05, 0.1) is 5.56 Å². The summed E-state index contributed by atoms with van der Waals surface area (Å²) in [7, 11) is 0. The second-order valence-electron chi connectivity index (χ2n) is 6.09. The monoisotopic (exact) mass is 290 g/mol. The lowest BCUT2D eigenvalue weighted by atomic mass is 9.90. The van der Waals surface area contributed by atoms with E-state index >= 15 is 0 Å². The molecule has 1 amide bonds. The number of hydrogen-bond donors (Lipinski definition) is 2. The topological polar surface area (TPSA) is 66.6 Å². The van der Waals surface area contributed by atoms with Crippen LogP contribution in [0.3, 0.4) is 0 Å². The molecule has 0 heterocycles. The minimum Gasteiger partial charge on any atom is -0.507 e. The van der Waals surface area contributed by atoms with Crippen LogP contribution in [0.15, 0.2) is 18.2 Å². The van der Waals surface area contributed by atoms with Gasteiger partial charge in [-0.3, -0.25) is 4.79 Å². The number of aryl methyl sites for hydroxylation is 1. The fraction of sp³-hybridized carbons (Fsp3) is 0.588. The predicted molar refractivity (Wildman–Crippen MR) is 84.4 cm³/mol. The van der Waals surface area contributed by atoms with Gasteiger partial charge in [-0.15, -0.1) is 0 Å². The summed E-state index contributed by atoms with van der Waals surface area (Å²) in [5.74, 6) is 0.0118. The van der Waals surface area contributed by atoms with Gasteiger partial charge in [-0.25, -0.2) is 0 Å².